The Morgan fingerprint density at radius 3 is 2.85 bits per heavy atom. The molecule has 3 aromatic heterocycles. The number of pyridine rings is 3. The average molecular weight is 544 g/mol. The number of aryl methyl sites for hydroxylation is 2. The Morgan fingerprint density at radius 1 is 1.10 bits per heavy atom. The van der Waals surface area contributed by atoms with Crippen LogP contribution < -0.4 is 10.2 Å². The number of sulfone groups is 1. The fraction of sp³-hybridized carbons (Fsp3) is 0.310. The molecule has 4 aromatic rings. The number of benzene rings is 1. The van der Waals surface area contributed by atoms with Gasteiger partial charge in [-0.1, -0.05) is 12.1 Å². The van der Waals surface area contributed by atoms with Crippen LogP contribution in [0, 0.1) is 6.92 Å². The predicted molar refractivity (Wildman–Crippen MR) is 148 cm³/mol. The number of ether oxygens (including phenoxy) is 1. The second-order valence-corrected chi connectivity index (χ2v) is 12.5. The van der Waals surface area contributed by atoms with Crippen LogP contribution in [0.3, 0.4) is 0 Å². The van der Waals surface area contributed by atoms with E-state index in [4.69, 9.17) is 9.72 Å². The Bertz CT molecular complexity index is 1710. The fourth-order valence-electron chi connectivity index (χ4n) is 5.09. The van der Waals surface area contributed by atoms with Gasteiger partial charge in [0.15, 0.2) is 9.84 Å². The lowest BCUT2D eigenvalue weighted by molar-refractivity contribution is 0.0950. The Balaban J connectivity index is 1.22. The predicted octanol–water partition coefficient (Wildman–Crippen LogP) is 4.04. The number of fused-ring (bicyclic) bond motifs is 3. The molecule has 2 aliphatic rings. The van der Waals surface area contributed by atoms with E-state index in [9.17, 15) is 13.2 Å². The van der Waals surface area contributed by atoms with Gasteiger partial charge in [-0.05, 0) is 73.7 Å². The summed E-state index contributed by atoms with van der Waals surface area (Å²) in [7, 11) is -3.57. The van der Waals surface area contributed by atoms with Crippen molar-refractivity contribution in [2.45, 2.75) is 50.0 Å². The van der Waals surface area contributed by atoms with E-state index < -0.39 is 15.1 Å². The molecule has 0 bridgehead atoms. The van der Waals surface area contributed by atoms with Gasteiger partial charge in [0, 0.05) is 29.9 Å². The number of hydrogen-bond acceptors (Lipinski definition) is 8. The molecule has 1 aromatic carbocycles. The minimum Gasteiger partial charge on any atom is -0.375 e. The van der Waals surface area contributed by atoms with Gasteiger partial charge in [-0.25, -0.2) is 18.4 Å². The second-order valence-electron chi connectivity index (χ2n) is 10.2. The van der Waals surface area contributed by atoms with Gasteiger partial charge in [-0.15, -0.1) is 0 Å². The normalized spacial score (nSPS) is 18.2. The van der Waals surface area contributed by atoms with Crippen molar-refractivity contribution in [3.63, 3.8) is 0 Å². The minimum absolute atomic E-state index is 0.127. The van der Waals surface area contributed by atoms with Crippen LogP contribution in [0.5, 0.6) is 0 Å². The van der Waals surface area contributed by atoms with Crippen LogP contribution in [-0.2, 0) is 34.1 Å². The summed E-state index contributed by atoms with van der Waals surface area (Å²) in [5, 5.41) is 3.09. The van der Waals surface area contributed by atoms with Crippen molar-refractivity contribution in [1.82, 2.24) is 20.3 Å². The van der Waals surface area contributed by atoms with Crippen LogP contribution in [0.25, 0.3) is 10.9 Å². The maximum Gasteiger partial charge on any atom is 0.251 e. The van der Waals surface area contributed by atoms with Crippen molar-refractivity contribution >= 4 is 38.3 Å². The van der Waals surface area contributed by atoms with Gasteiger partial charge in [0.1, 0.15) is 11.6 Å². The molecular formula is C29H29N5O4S. The number of aromatic nitrogens is 3. The van der Waals surface area contributed by atoms with Crippen molar-refractivity contribution in [2.24, 2.45) is 0 Å². The van der Waals surface area contributed by atoms with E-state index >= 15 is 0 Å². The van der Waals surface area contributed by atoms with Crippen molar-refractivity contribution in [1.29, 1.82) is 0 Å². The zero-order chi connectivity index (χ0) is 27.1. The summed E-state index contributed by atoms with van der Waals surface area (Å²) in [6.07, 6.45) is 5.67. The molecule has 0 spiro atoms. The molecular weight excluding hydrogens is 514 g/mol. The van der Waals surface area contributed by atoms with E-state index in [-0.39, 0.29) is 36.1 Å². The first-order chi connectivity index (χ1) is 18.8. The van der Waals surface area contributed by atoms with E-state index in [2.05, 4.69) is 33.2 Å². The van der Waals surface area contributed by atoms with Crippen LogP contribution in [0.4, 0.5) is 11.6 Å². The highest BCUT2D eigenvalue weighted by molar-refractivity contribution is 7.92. The maximum atomic E-state index is 13.0. The fourth-order valence-corrected chi connectivity index (χ4v) is 6.59. The molecule has 200 valence electrons. The number of rotatable bonds is 4. The standard InChI is InChI=1S/C29H29N5O4S/c1-18-10-20-4-3-9-34(28(20)31-13-18)27-8-7-22-14-30-24(12-25(22)33-27)15-32-29(35)21-5-6-23-17-38-16-19(2)39(36,37)26(23)11-21/h5-8,10-14,19H,3-4,9,15-17H2,1-2H3,(H,32,35)/t19-/m0/s1. The van der Waals surface area contributed by atoms with Crippen LogP contribution in [0.15, 0.2) is 59.8 Å². The van der Waals surface area contributed by atoms with Gasteiger partial charge >= 0.3 is 0 Å². The minimum atomic E-state index is -3.57. The molecule has 10 heteroatoms. The lowest BCUT2D eigenvalue weighted by Crippen LogP contribution is -2.26. The summed E-state index contributed by atoms with van der Waals surface area (Å²) in [6, 6.07) is 12.8. The molecule has 1 atom stereocenters. The first kappa shape index (κ1) is 25.4. The summed E-state index contributed by atoms with van der Waals surface area (Å²) < 4.78 is 31.3. The van der Waals surface area contributed by atoms with Gasteiger partial charge in [0.2, 0.25) is 0 Å². The highest BCUT2D eigenvalue weighted by Crippen LogP contribution is 2.32. The average Bonchev–Trinajstić information content (AvgIpc) is 3.05. The van der Waals surface area contributed by atoms with Crippen molar-refractivity contribution in [2.75, 3.05) is 18.1 Å². The van der Waals surface area contributed by atoms with Gasteiger partial charge in [-0.3, -0.25) is 9.78 Å². The Kier molecular flexibility index (Phi) is 6.52. The van der Waals surface area contributed by atoms with Crippen LogP contribution >= 0.6 is 0 Å². The Hall–Kier alpha value is -3.89. The number of anilines is 2. The topological polar surface area (TPSA) is 114 Å². The van der Waals surface area contributed by atoms with Gasteiger partial charge in [0.05, 0.1) is 41.1 Å². The first-order valence-electron chi connectivity index (χ1n) is 13.0. The van der Waals surface area contributed by atoms with Gasteiger partial charge < -0.3 is 15.0 Å². The van der Waals surface area contributed by atoms with Crippen molar-refractivity contribution < 1.29 is 17.9 Å². The molecule has 39 heavy (non-hydrogen) atoms. The molecule has 0 aliphatic carbocycles. The summed E-state index contributed by atoms with van der Waals surface area (Å²) in [5.41, 5.74) is 4.65. The van der Waals surface area contributed by atoms with E-state index in [0.717, 1.165) is 47.5 Å². The van der Waals surface area contributed by atoms with Gasteiger partial charge in [0.25, 0.3) is 5.91 Å². The Labute approximate surface area is 227 Å². The van der Waals surface area contributed by atoms with E-state index in [1.165, 1.54) is 11.6 Å². The van der Waals surface area contributed by atoms with Crippen molar-refractivity contribution in [3.8, 4) is 0 Å². The highest BCUT2D eigenvalue weighted by atomic mass is 32.2. The number of hydrogen-bond donors (Lipinski definition) is 1. The lowest BCUT2D eigenvalue weighted by Gasteiger charge is -2.29. The molecule has 5 heterocycles. The molecule has 9 nitrogen and oxygen atoms in total. The first-order valence-corrected chi connectivity index (χ1v) is 14.6. The maximum absolute atomic E-state index is 13.0. The van der Waals surface area contributed by atoms with Crippen LogP contribution in [0.1, 0.15) is 46.1 Å². The van der Waals surface area contributed by atoms with E-state index in [1.807, 2.05) is 24.4 Å². The summed E-state index contributed by atoms with van der Waals surface area (Å²) >= 11 is 0. The SMILES string of the molecule is Cc1cnc2c(c1)CCCN2c1ccc2cnc(CNC(=O)c3ccc4c(c3)S(=O)(=O)[C@@H](C)COC4)cc2n1. The molecule has 0 radical (unpaired) electrons. The molecule has 0 saturated carbocycles. The molecule has 6 rings (SSSR count). The molecule has 0 unspecified atom stereocenters. The summed E-state index contributed by atoms with van der Waals surface area (Å²) in [4.78, 5) is 29.3. The number of nitrogens with one attached hydrogen (secondary N) is 1. The van der Waals surface area contributed by atoms with Crippen LogP contribution in [-0.4, -0.2) is 47.7 Å². The van der Waals surface area contributed by atoms with Crippen molar-refractivity contribution in [3.05, 3.63) is 82.8 Å². The molecule has 1 amide bonds. The largest absolute Gasteiger partial charge is 0.375 e. The summed E-state index contributed by atoms with van der Waals surface area (Å²) in [6.45, 7) is 5.02. The zero-order valence-corrected chi connectivity index (χ0v) is 22.7. The third-order valence-corrected chi connectivity index (χ3v) is 9.45. The molecule has 0 saturated heterocycles. The third kappa shape index (κ3) is 4.86. The lowest BCUT2D eigenvalue weighted by atomic mass is 10.0. The van der Waals surface area contributed by atoms with E-state index in [1.54, 1.807) is 25.3 Å². The quantitative estimate of drug-likeness (QED) is 0.410. The van der Waals surface area contributed by atoms with E-state index in [0.29, 0.717) is 11.3 Å². The summed E-state index contributed by atoms with van der Waals surface area (Å²) in [5.74, 6) is 1.40. The smallest absolute Gasteiger partial charge is 0.251 e. The monoisotopic (exact) mass is 543 g/mol. The Morgan fingerprint density at radius 2 is 1.97 bits per heavy atom. The molecule has 0 fully saturated rings. The number of carbonyl (C=O) groups excluding carboxylic acids is 1. The zero-order valence-electron chi connectivity index (χ0n) is 21.8. The number of nitrogens with zero attached hydrogens (tertiary/aromatic N) is 4. The number of amides is 1. The molecule has 2 aliphatic heterocycles. The third-order valence-electron chi connectivity index (χ3n) is 7.26. The molecule has 1 N–H and O–H groups in total. The van der Waals surface area contributed by atoms with Gasteiger partial charge in [-0.2, -0.15) is 0 Å². The highest BCUT2D eigenvalue weighted by Gasteiger charge is 2.30. The van der Waals surface area contributed by atoms with Crippen LogP contribution in [0.2, 0.25) is 0 Å². The number of carbonyl (C=O) groups is 1. The second kappa shape index (κ2) is 10.0.